The number of anilines is 2. The van der Waals surface area contributed by atoms with Crippen molar-refractivity contribution in [2.75, 3.05) is 5.32 Å². The molecule has 0 aliphatic rings. The molecule has 29 heavy (non-hydrogen) atoms. The molecule has 5 rings (SSSR count). The molecule has 0 unspecified atom stereocenters. The molecule has 0 bridgehead atoms. The van der Waals surface area contributed by atoms with E-state index in [1.54, 1.807) is 18.3 Å². The predicted octanol–water partition coefficient (Wildman–Crippen LogP) is 5.63. The van der Waals surface area contributed by atoms with Crippen molar-refractivity contribution in [3.8, 4) is 11.1 Å². The number of pyridine rings is 2. The fourth-order valence-corrected chi connectivity index (χ4v) is 3.54. The Bertz CT molecular complexity index is 1390. The van der Waals surface area contributed by atoms with Gasteiger partial charge in [0.15, 0.2) is 0 Å². The Morgan fingerprint density at radius 3 is 2.38 bits per heavy atom. The van der Waals surface area contributed by atoms with E-state index >= 15 is 0 Å². The number of rotatable bonds is 3. The Morgan fingerprint density at radius 1 is 0.828 bits per heavy atom. The molecule has 0 saturated heterocycles. The summed E-state index contributed by atoms with van der Waals surface area (Å²) in [5, 5.41) is 4.90. The van der Waals surface area contributed by atoms with E-state index in [-0.39, 0.29) is 5.56 Å². The van der Waals surface area contributed by atoms with Crippen LogP contribution in [-0.4, -0.2) is 9.97 Å². The lowest BCUT2D eigenvalue weighted by Crippen LogP contribution is -2.07. The number of hydrogen-bond donors (Lipinski definition) is 2. The number of aromatic amines is 1. The van der Waals surface area contributed by atoms with Crippen LogP contribution in [0.1, 0.15) is 0 Å². The lowest BCUT2D eigenvalue weighted by Gasteiger charge is -2.12. The van der Waals surface area contributed by atoms with Gasteiger partial charge >= 0.3 is 0 Å². The van der Waals surface area contributed by atoms with Gasteiger partial charge in [-0.05, 0) is 47.5 Å². The second-order valence-corrected chi connectivity index (χ2v) is 6.79. The van der Waals surface area contributed by atoms with Crippen LogP contribution in [0.15, 0.2) is 89.9 Å². The zero-order valence-corrected chi connectivity index (χ0v) is 15.3. The summed E-state index contributed by atoms with van der Waals surface area (Å²) >= 11 is 0. The third-order valence-corrected chi connectivity index (χ3v) is 4.93. The molecule has 3 aromatic carbocycles. The highest BCUT2D eigenvalue weighted by atomic mass is 19.1. The van der Waals surface area contributed by atoms with E-state index in [2.05, 4.69) is 27.4 Å². The zero-order chi connectivity index (χ0) is 19.8. The third kappa shape index (κ3) is 3.12. The van der Waals surface area contributed by atoms with Crippen LogP contribution in [0.4, 0.5) is 15.9 Å². The van der Waals surface area contributed by atoms with Gasteiger partial charge in [-0.3, -0.25) is 4.79 Å². The van der Waals surface area contributed by atoms with Crippen molar-refractivity contribution in [1.82, 2.24) is 9.97 Å². The van der Waals surface area contributed by atoms with E-state index in [1.165, 1.54) is 12.1 Å². The Balaban J connectivity index is 1.61. The SMILES string of the molecule is O=c1[nH]ccc2nc(Nc3ccc(-c4ccccc4)cc3)c3ccc(F)cc3c12. The average molecular weight is 381 g/mol. The van der Waals surface area contributed by atoms with Crippen molar-refractivity contribution >= 4 is 33.2 Å². The predicted molar refractivity (Wildman–Crippen MR) is 115 cm³/mol. The van der Waals surface area contributed by atoms with Gasteiger partial charge in [0, 0.05) is 22.7 Å². The molecule has 140 valence electrons. The third-order valence-electron chi connectivity index (χ3n) is 4.93. The quantitative estimate of drug-likeness (QED) is 0.399. The Morgan fingerprint density at radius 2 is 1.59 bits per heavy atom. The van der Waals surface area contributed by atoms with Crippen molar-refractivity contribution in [1.29, 1.82) is 0 Å². The van der Waals surface area contributed by atoms with Gasteiger partial charge in [0.2, 0.25) is 0 Å². The molecular weight excluding hydrogens is 365 g/mol. The molecule has 0 radical (unpaired) electrons. The summed E-state index contributed by atoms with van der Waals surface area (Å²) in [4.78, 5) is 19.6. The van der Waals surface area contributed by atoms with E-state index in [9.17, 15) is 9.18 Å². The Hall–Kier alpha value is -3.99. The van der Waals surface area contributed by atoms with E-state index in [0.29, 0.717) is 27.5 Å². The van der Waals surface area contributed by atoms with Crippen LogP contribution in [0.3, 0.4) is 0 Å². The zero-order valence-electron chi connectivity index (χ0n) is 15.3. The monoisotopic (exact) mass is 381 g/mol. The second kappa shape index (κ2) is 6.87. The number of H-pyrrole nitrogens is 1. The highest BCUT2D eigenvalue weighted by Crippen LogP contribution is 2.30. The minimum absolute atomic E-state index is 0.288. The van der Waals surface area contributed by atoms with Crippen LogP contribution >= 0.6 is 0 Å². The van der Waals surface area contributed by atoms with Crippen LogP contribution in [-0.2, 0) is 0 Å². The lowest BCUT2D eigenvalue weighted by molar-refractivity contribution is 0.630. The largest absolute Gasteiger partial charge is 0.340 e. The number of fused-ring (bicyclic) bond motifs is 3. The second-order valence-electron chi connectivity index (χ2n) is 6.79. The molecule has 0 amide bonds. The number of aromatic nitrogens is 2. The van der Waals surface area contributed by atoms with Crippen molar-refractivity contribution < 1.29 is 4.39 Å². The van der Waals surface area contributed by atoms with Crippen molar-refractivity contribution in [3.05, 3.63) is 101 Å². The first-order valence-electron chi connectivity index (χ1n) is 9.22. The van der Waals surface area contributed by atoms with Crippen molar-refractivity contribution in [3.63, 3.8) is 0 Å². The summed E-state index contributed by atoms with van der Waals surface area (Å²) in [5.74, 6) is 0.178. The number of nitrogens with zero attached hydrogens (tertiary/aromatic N) is 1. The van der Waals surface area contributed by atoms with Gasteiger partial charge in [-0.15, -0.1) is 0 Å². The van der Waals surface area contributed by atoms with Gasteiger partial charge in [-0.1, -0.05) is 42.5 Å². The maximum atomic E-state index is 13.9. The van der Waals surface area contributed by atoms with E-state index in [0.717, 1.165) is 16.8 Å². The minimum Gasteiger partial charge on any atom is -0.340 e. The molecule has 5 aromatic rings. The van der Waals surface area contributed by atoms with Crippen LogP contribution in [0.5, 0.6) is 0 Å². The van der Waals surface area contributed by atoms with Crippen LogP contribution in [0.2, 0.25) is 0 Å². The Kier molecular flexibility index (Phi) is 4.06. The fourth-order valence-electron chi connectivity index (χ4n) is 3.54. The summed E-state index contributed by atoms with van der Waals surface area (Å²) in [6.07, 6.45) is 1.54. The molecule has 0 saturated carbocycles. The molecule has 4 nitrogen and oxygen atoms in total. The molecule has 0 aliphatic carbocycles. The number of hydrogen-bond acceptors (Lipinski definition) is 3. The van der Waals surface area contributed by atoms with E-state index in [1.807, 2.05) is 42.5 Å². The van der Waals surface area contributed by atoms with E-state index < -0.39 is 5.82 Å². The molecule has 0 spiro atoms. The highest BCUT2D eigenvalue weighted by molar-refractivity contribution is 6.10. The molecule has 0 aliphatic heterocycles. The van der Waals surface area contributed by atoms with Gasteiger partial charge in [0.05, 0.1) is 10.9 Å². The van der Waals surface area contributed by atoms with Gasteiger partial charge in [-0.2, -0.15) is 0 Å². The summed E-state index contributed by atoms with van der Waals surface area (Å²) in [5.41, 5.74) is 3.33. The van der Waals surface area contributed by atoms with Crippen LogP contribution in [0.25, 0.3) is 32.8 Å². The molecule has 0 fully saturated rings. The molecule has 2 N–H and O–H groups in total. The van der Waals surface area contributed by atoms with Gasteiger partial charge in [0.1, 0.15) is 11.6 Å². The lowest BCUT2D eigenvalue weighted by atomic mass is 10.1. The standard InChI is InChI=1S/C24H16FN3O/c25-17-8-11-19-20(14-17)22-21(12-13-26-24(22)29)28-23(19)27-18-9-6-16(7-10-18)15-4-2-1-3-5-15/h1-14H,(H,26,29)(H,27,28). The van der Waals surface area contributed by atoms with Gasteiger partial charge < -0.3 is 10.3 Å². The highest BCUT2D eigenvalue weighted by Gasteiger charge is 2.12. The van der Waals surface area contributed by atoms with Crippen molar-refractivity contribution in [2.45, 2.75) is 0 Å². The normalized spacial score (nSPS) is 11.1. The summed E-state index contributed by atoms with van der Waals surface area (Å²) < 4.78 is 13.9. The first-order valence-corrected chi connectivity index (χ1v) is 9.22. The summed E-state index contributed by atoms with van der Waals surface area (Å²) in [6.45, 7) is 0. The average Bonchev–Trinajstić information content (AvgIpc) is 2.75. The minimum atomic E-state index is -0.397. The molecule has 5 heteroatoms. The van der Waals surface area contributed by atoms with Gasteiger partial charge in [0.25, 0.3) is 5.56 Å². The smallest absolute Gasteiger partial charge is 0.258 e. The summed E-state index contributed by atoms with van der Waals surface area (Å²) in [6, 6.07) is 24.2. The molecular formula is C24H16FN3O. The number of halogens is 1. The topological polar surface area (TPSA) is 57.8 Å². The first-order chi connectivity index (χ1) is 14.2. The fraction of sp³-hybridized carbons (Fsp3) is 0. The van der Waals surface area contributed by atoms with Gasteiger partial charge in [-0.25, -0.2) is 9.37 Å². The molecule has 0 atom stereocenters. The van der Waals surface area contributed by atoms with Crippen LogP contribution in [0, 0.1) is 5.82 Å². The summed E-state index contributed by atoms with van der Waals surface area (Å²) in [7, 11) is 0. The van der Waals surface area contributed by atoms with Crippen LogP contribution < -0.4 is 10.9 Å². The first kappa shape index (κ1) is 17.1. The maximum Gasteiger partial charge on any atom is 0.258 e. The molecule has 2 heterocycles. The molecule has 2 aromatic heterocycles. The number of nitrogens with one attached hydrogen (secondary N) is 2. The van der Waals surface area contributed by atoms with E-state index in [4.69, 9.17) is 0 Å². The maximum absolute atomic E-state index is 13.9. The number of benzene rings is 3. The van der Waals surface area contributed by atoms with Crippen molar-refractivity contribution in [2.24, 2.45) is 0 Å². The Labute approximate surface area is 165 Å².